The lowest BCUT2D eigenvalue weighted by molar-refractivity contribution is -0.154. The Morgan fingerprint density at radius 1 is 1.03 bits per heavy atom. The Balaban J connectivity index is 1.74. The molecule has 0 aromatic heterocycles. The Labute approximate surface area is 171 Å². The number of carbonyl (C=O) groups excluding carboxylic acids is 4. The first-order valence-corrected chi connectivity index (χ1v) is 9.78. The lowest BCUT2D eigenvalue weighted by atomic mass is 10.1. The number of hydrogen-bond donors (Lipinski definition) is 1. The van der Waals surface area contributed by atoms with Gasteiger partial charge in [-0.25, -0.2) is 0 Å². The minimum atomic E-state index is -0.961. The maximum absolute atomic E-state index is 12.3. The van der Waals surface area contributed by atoms with Gasteiger partial charge in [0, 0.05) is 45.2 Å². The molecule has 1 atom stereocenters. The molecule has 3 amide bonds. The number of esters is 1. The zero-order valence-corrected chi connectivity index (χ0v) is 17.5. The molecule has 1 saturated heterocycles. The molecule has 1 aromatic carbocycles. The van der Waals surface area contributed by atoms with E-state index in [0.717, 1.165) is 11.1 Å². The fraction of sp³-hybridized carbons (Fsp3) is 0.524. The number of anilines is 1. The zero-order valence-electron chi connectivity index (χ0n) is 17.5. The lowest BCUT2D eigenvalue weighted by Gasteiger charge is -2.34. The largest absolute Gasteiger partial charge is 0.453 e. The second kappa shape index (κ2) is 10.0. The number of nitrogens with one attached hydrogen (secondary N) is 1. The van der Waals surface area contributed by atoms with E-state index in [9.17, 15) is 19.2 Å². The first-order valence-electron chi connectivity index (χ1n) is 9.78. The van der Waals surface area contributed by atoms with Crippen molar-refractivity contribution < 1.29 is 23.9 Å². The average Bonchev–Trinajstić information content (AvgIpc) is 2.68. The molecular weight excluding hydrogens is 374 g/mol. The van der Waals surface area contributed by atoms with Crippen molar-refractivity contribution >= 4 is 29.4 Å². The molecule has 1 fully saturated rings. The van der Waals surface area contributed by atoms with Crippen LogP contribution in [0.3, 0.4) is 0 Å². The number of nitrogens with zero attached hydrogens (tertiary/aromatic N) is 2. The van der Waals surface area contributed by atoms with Crippen molar-refractivity contribution in [3.63, 3.8) is 0 Å². The van der Waals surface area contributed by atoms with Gasteiger partial charge in [0.25, 0.3) is 5.91 Å². The molecule has 1 aliphatic rings. The smallest absolute Gasteiger partial charge is 0.307 e. The van der Waals surface area contributed by atoms with E-state index in [1.807, 2.05) is 32.0 Å². The summed E-state index contributed by atoms with van der Waals surface area (Å²) in [6.45, 7) is 8.78. The fourth-order valence-electron chi connectivity index (χ4n) is 3.14. The maximum atomic E-state index is 12.3. The molecular formula is C21H29N3O5. The number of rotatable bonds is 6. The normalized spacial score (nSPS) is 14.9. The molecule has 0 saturated carbocycles. The minimum Gasteiger partial charge on any atom is -0.453 e. The van der Waals surface area contributed by atoms with Gasteiger partial charge in [0.05, 0.1) is 6.42 Å². The number of amides is 3. The summed E-state index contributed by atoms with van der Waals surface area (Å²) in [5, 5.41) is 2.75. The van der Waals surface area contributed by atoms with Gasteiger partial charge in [0.1, 0.15) is 0 Å². The molecule has 29 heavy (non-hydrogen) atoms. The highest BCUT2D eigenvalue weighted by molar-refractivity contribution is 5.95. The van der Waals surface area contributed by atoms with Gasteiger partial charge in [-0.05, 0) is 32.4 Å². The van der Waals surface area contributed by atoms with Crippen molar-refractivity contribution in [2.75, 3.05) is 31.5 Å². The number of benzene rings is 1. The summed E-state index contributed by atoms with van der Waals surface area (Å²) in [5.41, 5.74) is 2.68. The molecule has 0 radical (unpaired) electrons. The summed E-state index contributed by atoms with van der Waals surface area (Å²) < 4.78 is 5.16. The van der Waals surface area contributed by atoms with E-state index >= 15 is 0 Å². The van der Waals surface area contributed by atoms with Gasteiger partial charge in [-0.15, -0.1) is 0 Å². The summed E-state index contributed by atoms with van der Waals surface area (Å²) in [6.07, 6.45) is -1.03. The molecule has 1 N–H and O–H groups in total. The van der Waals surface area contributed by atoms with E-state index in [-0.39, 0.29) is 24.7 Å². The first-order chi connectivity index (χ1) is 13.7. The van der Waals surface area contributed by atoms with Crippen LogP contribution in [0.2, 0.25) is 0 Å². The standard InChI is InChI=1S/C21H29N3O5/c1-14-5-6-18(15(2)13-14)22-21(28)16(3)29-20(27)8-7-19(26)24-11-9-23(10-12-24)17(4)25/h5-6,13,16H,7-12H2,1-4H3,(H,22,28)/t16-/m0/s1. The minimum absolute atomic E-state index is 0.00577. The number of ether oxygens (including phenoxy) is 1. The molecule has 0 unspecified atom stereocenters. The van der Waals surface area contributed by atoms with Gasteiger partial charge in [0.2, 0.25) is 11.8 Å². The van der Waals surface area contributed by atoms with Gasteiger partial charge in [-0.3, -0.25) is 19.2 Å². The monoisotopic (exact) mass is 403 g/mol. The Bertz CT molecular complexity index is 785. The maximum Gasteiger partial charge on any atom is 0.307 e. The van der Waals surface area contributed by atoms with E-state index in [0.29, 0.717) is 31.9 Å². The highest BCUT2D eigenvalue weighted by atomic mass is 16.5. The van der Waals surface area contributed by atoms with E-state index in [1.165, 1.54) is 13.8 Å². The van der Waals surface area contributed by atoms with E-state index < -0.39 is 18.0 Å². The average molecular weight is 403 g/mol. The van der Waals surface area contributed by atoms with Crippen LogP contribution in [0.5, 0.6) is 0 Å². The molecule has 2 rings (SSSR count). The molecule has 8 nitrogen and oxygen atoms in total. The predicted octanol–water partition coefficient (Wildman–Crippen LogP) is 1.64. The number of aryl methyl sites for hydroxylation is 2. The van der Waals surface area contributed by atoms with Crippen molar-refractivity contribution in [3.05, 3.63) is 29.3 Å². The molecule has 1 heterocycles. The molecule has 158 valence electrons. The summed E-state index contributed by atoms with van der Waals surface area (Å²) in [6, 6.07) is 5.65. The third-order valence-corrected chi connectivity index (χ3v) is 4.94. The molecule has 8 heteroatoms. The summed E-state index contributed by atoms with van der Waals surface area (Å²) >= 11 is 0. The van der Waals surface area contributed by atoms with E-state index in [4.69, 9.17) is 4.74 Å². The molecule has 0 bridgehead atoms. The van der Waals surface area contributed by atoms with Gasteiger partial charge in [-0.1, -0.05) is 17.7 Å². The molecule has 0 spiro atoms. The van der Waals surface area contributed by atoms with Crippen LogP contribution in [0.4, 0.5) is 5.69 Å². The second-order valence-electron chi connectivity index (χ2n) is 7.33. The number of piperazine rings is 1. The van der Waals surface area contributed by atoms with Crippen molar-refractivity contribution in [2.24, 2.45) is 0 Å². The predicted molar refractivity (Wildman–Crippen MR) is 108 cm³/mol. The van der Waals surface area contributed by atoms with Crippen LogP contribution in [-0.2, 0) is 23.9 Å². The Kier molecular flexibility index (Phi) is 7.75. The van der Waals surface area contributed by atoms with Gasteiger partial charge in [-0.2, -0.15) is 0 Å². The third kappa shape index (κ3) is 6.58. The van der Waals surface area contributed by atoms with Crippen LogP contribution in [0.1, 0.15) is 37.8 Å². The first kappa shape index (κ1) is 22.4. The van der Waals surface area contributed by atoms with Crippen LogP contribution >= 0.6 is 0 Å². The second-order valence-corrected chi connectivity index (χ2v) is 7.33. The third-order valence-electron chi connectivity index (χ3n) is 4.94. The van der Waals surface area contributed by atoms with Crippen molar-refractivity contribution in [3.8, 4) is 0 Å². The number of hydrogen-bond acceptors (Lipinski definition) is 5. The molecule has 0 aliphatic carbocycles. The van der Waals surface area contributed by atoms with Crippen molar-refractivity contribution in [2.45, 2.75) is 46.6 Å². The van der Waals surface area contributed by atoms with E-state index in [2.05, 4.69) is 5.32 Å². The Hall–Kier alpha value is -2.90. The lowest BCUT2D eigenvalue weighted by Crippen LogP contribution is -2.50. The Morgan fingerprint density at radius 3 is 2.24 bits per heavy atom. The van der Waals surface area contributed by atoms with E-state index in [1.54, 1.807) is 9.80 Å². The van der Waals surface area contributed by atoms with Crippen LogP contribution in [0.15, 0.2) is 18.2 Å². The number of carbonyl (C=O) groups is 4. The van der Waals surface area contributed by atoms with Gasteiger partial charge in [0.15, 0.2) is 6.10 Å². The van der Waals surface area contributed by atoms with Gasteiger partial charge < -0.3 is 19.9 Å². The van der Waals surface area contributed by atoms with Crippen LogP contribution < -0.4 is 5.32 Å². The SMILES string of the molecule is CC(=O)N1CCN(C(=O)CCC(=O)O[C@@H](C)C(=O)Nc2ccc(C)cc2C)CC1. The van der Waals surface area contributed by atoms with Gasteiger partial charge >= 0.3 is 5.97 Å². The summed E-state index contributed by atoms with van der Waals surface area (Å²) in [7, 11) is 0. The highest BCUT2D eigenvalue weighted by Gasteiger charge is 2.24. The molecule has 1 aromatic rings. The Morgan fingerprint density at radius 2 is 1.66 bits per heavy atom. The quantitative estimate of drug-likeness (QED) is 0.729. The fourth-order valence-corrected chi connectivity index (χ4v) is 3.14. The summed E-state index contributed by atoms with van der Waals surface area (Å²) in [4.78, 5) is 51.2. The summed E-state index contributed by atoms with van der Waals surface area (Å²) in [5.74, 6) is -1.17. The van der Waals surface area contributed by atoms with Crippen LogP contribution in [0.25, 0.3) is 0 Å². The highest BCUT2D eigenvalue weighted by Crippen LogP contribution is 2.16. The topological polar surface area (TPSA) is 96.0 Å². The van der Waals surface area contributed by atoms with Crippen molar-refractivity contribution in [1.82, 2.24) is 9.80 Å². The molecule has 1 aliphatic heterocycles. The van der Waals surface area contributed by atoms with Crippen LogP contribution in [0, 0.1) is 13.8 Å². The van der Waals surface area contributed by atoms with Crippen LogP contribution in [-0.4, -0.2) is 65.8 Å². The zero-order chi connectivity index (χ0) is 21.6. The van der Waals surface area contributed by atoms with Crippen molar-refractivity contribution in [1.29, 1.82) is 0 Å².